The van der Waals surface area contributed by atoms with Crippen LogP contribution in [0.4, 0.5) is 5.69 Å². The zero-order valence-electron chi connectivity index (χ0n) is 13.0. The molecule has 1 fully saturated rings. The first-order valence-corrected chi connectivity index (χ1v) is 7.78. The molecule has 6 heteroatoms. The number of rotatable bonds is 4. The lowest BCUT2D eigenvalue weighted by atomic mass is 10.1. The van der Waals surface area contributed by atoms with Gasteiger partial charge in [0.2, 0.25) is 0 Å². The SMILES string of the molecule is Cc1cc(C(=O)Nc2ccccc2C(=O)NC2CCCC2)no1. The fourth-order valence-corrected chi connectivity index (χ4v) is 2.78. The first-order valence-electron chi connectivity index (χ1n) is 7.78. The van der Waals surface area contributed by atoms with Crippen LogP contribution < -0.4 is 10.6 Å². The second-order valence-electron chi connectivity index (χ2n) is 5.78. The van der Waals surface area contributed by atoms with Crippen LogP contribution in [-0.2, 0) is 0 Å². The highest BCUT2D eigenvalue weighted by atomic mass is 16.5. The van der Waals surface area contributed by atoms with E-state index in [9.17, 15) is 9.59 Å². The van der Waals surface area contributed by atoms with Crippen molar-refractivity contribution in [1.82, 2.24) is 10.5 Å². The van der Waals surface area contributed by atoms with Crippen molar-refractivity contribution in [3.05, 3.63) is 47.3 Å². The quantitative estimate of drug-likeness (QED) is 0.909. The molecule has 1 saturated carbocycles. The highest BCUT2D eigenvalue weighted by Gasteiger charge is 2.20. The maximum atomic E-state index is 12.4. The second kappa shape index (κ2) is 6.64. The smallest absolute Gasteiger partial charge is 0.277 e. The van der Waals surface area contributed by atoms with Crippen molar-refractivity contribution in [3.63, 3.8) is 0 Å². The van der Waals surface area contributed by atoms with Gasteiger partial charge in [0.05, 0.1) is 11.3 Å². The molecule has 23 heavy (non-hydrogen) atoms. The summed E-state index contributed by atoms with van der Waals surface area (Å²) in [5.74, 6) is -0.00508. The Labute approximate surface area is 134 Å². The van der Waals surface area contributed by atoms with E-state index < -0.39 is 5.91 Å². The number of amides is 2. The predicted molar refractivity (Wildman–Crippen MR) is 85.4 cm³/mol. The Bertz CT molecular complexity index is 717. The van der Waals surface area contributed by atoms with Gasteiger partial charge in [-0.2, -0.15) is 0 Å². The molecule has 1 heterocycles. The molecule has 0 radical (unpaired) electrons. The van der Waals surface area contributed by atoms with E-state index in [4.69, 9.17) is 4.52 Å². The maximum Gasteiger partial charge on any atom is 0.277 e. The highest BCUT2D eigenvalue weighted by molar-refractivity contribution is 6.08. The van der Waals surface area contributed by atoms with Crippen molar-refractivity contribution in [2.45, 2.75) is 38.6 Å². The topological polar surface area (TPSA) is 84.2 Å². The van der Waals surface area contributed by atoms with Crippen LogP contribution in [0.5, 0.6) is 0 Å². The molecule has 120 valence electrons. The van der Waals surface area contributed by atoms with E-state index >= 15 is 0 Å². The van der Waals surface area contributed by atoms with E-state index in [-0.39, 0.29) is 17.6 Å². The van der Waals surface area contributed by atoms with Gasteiger partial charge >= 0.3 is 0 Å². The Morgan fingerprint density at radius 2 is 1.91 bits per heavy atom. The van der Waals surface area contributed by atoms with Crippen LogP contribution in [0, 0.1) is 6.92 Å². The lowest BCUT2D eigenvalue weighted by molar-refractivity contribution is 0.0939. The van der Waals surface area contributed by atoms with Gasteiger partial charge < -0.3 is 15.2 Å². The van der Waals surface area contributed by atoms with Crippen molar-refractivity contribution >= 4 is 17.5 Å². The average Bonchev–Trinajstić information content (AvgIpc) is 3.19. The van der Waals surface area contributed by atoms with Crippen molar-refractivity contribution in [1.29, 1.82) is 0 Å². The van der Waals surface area contributed by atoms with Gasteiger partial charge in [-0.3, -0.25) is 9.59 Å². The van der Waals surface area contributed by atoms with Gasteiger partial charge in [0.1, 0.15) is 5.76 Å². The molecule has 0 unspecified atom stereocenters. The molecule has 0 spiro atoms. The van der Waals surface area contributed by atoms with Crippen LogP contribution in [0.15, 0.2) is 34.9 Å². The van der Waals surface area contributed by atoms with Gasteiger partial charge in [0.15, 0.2) is 5.69 Å². The summed E-state index contributed by atoms with van der Waals surface area (Å²) < 4.78 is 4.90. The summed E-state index contributed by atoms with van der Waals surface area (Å²) in [6, 6.07) is 8.73. The lowest BCUT2D eigenvalue weighted by Crippen LogP contribution is -2.33. The molecule has 6 nitrogen and oxygen atoms in total. The second-order valence-corrected chi connectivity index (χ2v) is 5.78. The van der Waals surface area contributed by atoms with Gasteiger partial charge in [0, 0.05) is 12.1 Å². The monoisotopic (exact) mass is 313 g/mol. The largest absolute Gasteiger partial charge is 0.361 e. The minimum Gasteiger partial charge on any atom is -0.361 e. The summed E-state index contributed by atoms with van der Waals surface area (Å²) in [4.78, 5) is 24.6. The van der Waals surface area contributed by atoms with Crippen molar-refractivity contribution in [2.24, 2.45) is 0 Å². The molecule has 1 aromatic carbocycles. The van der Waals surface area contributed by atoms with Crippen LogP contribution in [0.2, 0.25) is 0 Å². The number of benzene rings is 1. The molecule has 2 amide bonds. The molecular weight excluding hydrogens is 294 g/mol. The molecule has 0 atom stereocenters. The number of para-hydroxylation sites is 1. The molecule has 1 aliphatic carbocycles. The summed E-state index contributed by atoms with van der Waals surface area (Å²) in [6.07, 6.45) is 4.32. The number of nitrogens with one attached hydrogen (secondary N) is 2. The maximum absolute atomic E-state index is 12.4. The lowest BCUT2D eigenvalue weighted by Gasteiger charge is -2.14. The van der Waals surface area contributed by atoms with Crippen LogP contribution in [0.1, 0.15) is 52.3 Å². The minimum atomic E-state index is -0.400. The number of hydrogen-bond acceptors (Lipinski definition) is 4. The number of carbonyl (C=O) groups is 2. The minimum absolute atomic E-state index is 0.163. The zero-order chi connectivity index (χ0) is 16.2. The zero-order valence-corrected chi connectivity index (χ0v) is 13.0. The van der Waals surface area contributed by atoms with E-state index in [1.54, 1.807) is 37.3 Å². The Morgan fingerprint density at radius 1 is 1.17 bits per heavy atom. The Balaban J connectivity index is 1.74. The Morgan fingerprint density at radius 3 is 2.61 bits per heavy atom. The first-order chi connectivity index (χ1) is 11.1. The number of nitrogens with zero attached hydrogens (tertiary/aromatic N) is 1. The molecule has 2 N–H and O–H groups in total. The van der Waals surface area contributed by atoms with E-state index in [2.05, 4.69) is 15.8 Å². The third-order valence-electron chi connectivity index (χ3n) is 3.97. The molecule has 2 aromatic rings. The molecule has 0 aliphatic heterocycles. The van der Waals surface area contributed by atoms with Gasteiger partial charge in [-0.15, -0.1) is 0 Å². The summed E-state index contributed by atoms with van der Waals surface area (Å²) in [6.45, 7) is 1.72. The number of aromatic nitrogens is 1. The van der Waals surface area contributed by atoms with Crippen LogP contribution in [0.3, 0.4) is 0 Å². The number of carbonyl (C=O) groups excluding carboxylic acids is 2. The van der Waals surface area contributed by atoms with E-state index in [0.717, 1.165) is 25.7 Å². The van der Waals surface area contributed by atoms with Gasteiger partial charge in [0.25, 0.3) is 11.8 Å². The third-order valence-corrected chi connectivity index (χ3v) is 3.97. The van der Waals surface area contributed by atoms with E-state index in [1.165, 1.54) is 0 Å². The molecule has 0 bridgehead atoms. The number of hydrogen-bond donors (Lipinski definition) is 2. The Hall–Kier alpha value is -2.63. The molecule has 3 rings (SSSR count). The molecule has 0 saturated heterocycles. The normalized spacial score (nSPS) is 14.7. The van der Waals surface area contributed by atoms with E-state index in [1.807, 2.05) is 0 Å². The van der Waals surface area contributed by atoms with Gasteiger partial charge in [-0.25, -0.2) is 0 Å². The van der Waals surface area contributed by atoms with Gasteiger partial charge in [-0.05, 0) is 31.9 Å². The summed E-state index contributed by atoms with van der Waals surface area (Å²) in [5.41, 5.74) is 1.11. The fourth-order valence-electron chi connectivity index (χ4n) is 2.78. The van der Waals surface area contributed by atoms with E-state index in [0.29, 0.717) is 17.0 Å². The summed E-state index contributed by atoms with van der Waals surface area (Å²) >= 11 is 0. The molecule has 1 aromatic heterocycles. The van der Waals surface area contributed by atoms with Crippen molar-refractivity contribution in [3.8, 4) is 0 Å². The molecule has 1 aliphatic rings. The Kier molecular flexibility index (Phi) is 4.41. The summed E-state index contributed by atoms with van der Waals surface area (Å²) in [7, 11) is 0. The van der Waals surface area contributed by atoms with Gasteiger partial charge in [-0.1, -0.05) is 30.1 Å². The van der Waals surface area contributed by atoms with Crippen LogP contribution in [0.25, 0.3) is 0 Å². The van der Waals surface area contributed by atoms with Crippen molar-refractivity contribution < 1.29 is 14.1 Å². The first kappa shape index (κ1) is 15.3. The van der Waals surface area contributed by atoms with Crippen LogP contribution in [-0.4, -0.2) is 23.0 Å². The molecular formula is C17H19N3O3. The summed E-state index contributed by atoms with van der Waals surface area (Å²) in [5, 5.41) is 9.43. The fraction of sp³-hybridized carbons (Fsp3) is 0.353. The standard InChI is InChI=1S/C17H19N3O3/c1-11-10-15(20-23-11)17(22)19-14-9-5-4-8-13(14)16(21)18-12-6-2-3-7-12/h4-5,8-10,12H,2-3,6-7H2,1H3,(H,18,21)(H,19,22). The predicted octanol–water partition coefficient (Wildman–Crippen LogP) is 2.91. The number of aryl methyl sites for hydroxylation is 1. The average molecular weight is 313 g/mol. The number of anilines is 1. The third kappa shape index (κ3) is 3.59. The highest BCUT2D eigenvalue weighted by Crippen LogP contribution is 2.20. The van der Waals surface area contributed by atoms with Crippen molar-refractivity contribution in [2.75, 3.05) is 5.32 Å². The van der Waals surface area contributed by atoms with Crippen LogP contribution >= 0.6 is 0 Å².